The summed E-state index contributed by atoms with van der Waals surface area (Å²) in [4.78, 5) is 24.7. The van der Waals surface area contributed by atoms with Crippen LogP contribution in [0.5, 0.6) is 0 Å². The van der Waals surface area contributed by atoms with Crippen molar-refractivity contribution >= 4 is 34.6 Å². The van der Waals surface area contributed by atoms with Gasteiger partial charge in [0.2, 0.25) is 0 Å². The fraction of sp³-hybridized carbons (Fsp3) is 0. The zero-order chi connectivity index (χ0) is 20.8. The molecule has 1 aromatic heterocycles. The summed E-state index contributed by atoms with van der Waals surface area (Å²) < 4.78 is 5.07. The Morgan fingerprint density at radius 1 is 0.600 bits per heavy atom. The first-order chi connectivity index (χ1) is 14.7. The molecule has 1 heterocycles. The van der Waals surface area contributed by atoms with E-state index >= 15 is 0 Å². The zero-order valence-electron chi connectivity index (χ0n) is 16.0. The molecule has 0 aliphatic rings. The maximum absolute atomic E-state index is 12.6. The van der Waals surface area contributed by atoms with Crippen LogP contribution < -0.4 is 16.0 Å². The van der Waals surface area contributed by atoms with E-state index in [0.29, 0.717) is 16.9 Å². The summed E-state index contributed by atoms with van der Waals surface area (Å²) in [6, 6.07) is 27.2. The third-order valence-electron chi connectivity index (χ3n) is 4.33. The second-order valence-electron chi connectivity index (χ2n) is 6.53. The van der Waals surface area contributed by atoms with Crippen molar-refractivity contribution < 1.29 is 14.0 Å². The van der Waals surface area contributed by atoms with Crippen molar-refractivity contribution in [3.63, 3.8) is 0 Å². The number of benzene rings is 3. The van der Waals surface area contributed by atoms with Crippen LogP contribution >= 0.6 is 0 Å². The Kier molecular flexibility index (Phi) is 5.57. The molecule has 0 spiro atoms. The van der Waals surface area contributed by atoms with Crippen LogP contribution in [-0.4, -0.2) is 11.8 Å². The molecular formula is C24H19N3O3. The van der Waals surface area contributed by atoms with E-state index in [1.54, 1.807) is 36.4 Å². The van der Waals surface area contributed by atoms with Crippen LogP contribution in [0.25, 0.3) is 0 Å². The van der Waals surface area contributed by atoms with E-state index in [1.165, 1.54) is 6.26 Å². The van der Waals surface area contributed by atoms with Gasteiger partial charge in [-0.3, -0.25) is 9.59 Å². The molecule has 0 atom stereocenters. The standard InChI is InChI=1S/C24H19N3O3/c28-23(17-6-4-9-21(16-17)27-24(29)22-10-5-15-30-22)26-20-13-11-19(12-14-20)25-18-7-2-1-3-8-18/h1-16,25H,(H,26,28)(H,27,29). The highest BCUT2D eigenvalue weighted by atomic mass is 16.3. The first kappa shape index (κ1) is 19.0. The average Bonchev–Trinajstić information content (AvgIpc) is 3.31. The fourth-order valence-corrected chi connectivity index (χ4v) is 2.87. The Hall–Kier alpha value is -4.32. The highest BCUT2D eigenvalue weighted by molar-refractivity contribution is 6.06. The lowest BCUT2D eigenvalue weighted by Gasteiger charge is -2.10. The van der Waals surface area contributed by atoms with Gasteiger partial charge in [-0.25, -0.2) is 0 Å². The molecule has 6 heteroatoms. The van der Waals surface area contributed by atoms with Gasteiger partial charge in [-0.2, -0.15) is 0 Å². The Bertz CT molecular complexity index is 1140. The molecule has 3 aromatic carbocycles. The third kappa shape index (κ3) is 4.74. The first-order valence-corrected chi connectivity index (χ1v) is 9.36. The highest BCUT2D eigenvalue weighted by Gasteiger charge is 2.11. The molecule has 148 valence electrons. The van der Waals surface area contributed by atoms with Crippen LogP contribution in [-0.2, 0) is 0 Å². The van der Waals surface area contributed by atoms with E-state index in [4.69, 9.17) is 4.42 Å². The topological polar surface area (TPSA) is 83.4 Å². The molecule has 3 N–H and O–H groups in total. The van der Waals surface area contributed by atoms with E-state index in [9.17, 15) is 9.59 Å². The second kappa shape index (κ2) is 8.79. The van der Waals surface area contributed by atoms with Crippen molar-refractivity contribution in [2.75, 3.05) is 16.0 Å². The number of para-hydroxylation sites is 1. The van der Waals surface area contributed by atoms with Crippen LogP contribution in [0.2, 0.25) is 0 Å². The lowest BCUT2D eigenvalue weighted by Crippen LogP contribution is -2.14. The van der Waals surface area contributed by atoms with Gasteiger partial charge in [0.25, 0.3) is 11.8 Å². The van der Waals surface area contributed by atoms with Crippen LogP contribution in [0.1, 0.15) is 20.9 Å². The maximum Gasteiger partial charge on any atom is 0.291 e. The van der Waals surface area contributed by atoms with Gasteiger partial charge in [-0.15, -0.1) is 0 Å². The number of anilines is 4. The van der Waals surface area contributed by atoms with Crippen LogP contribution in [0, 0.1) is 0 Å². The van der Waals surface area contributed by atoms with Crippen molar-refractivity contribution in [2.45, 2.75) is 0 Å². The van der Waals surface area contributed by atoms with E-state index in [0.717, 1.165) is 11.4 Å². The molecule has 6 nitrogen and oxygen atoms in total. The molecule has 2 amide bonds. The Labute approximate surface area is 173 Å². The van der Waals surface area contributed by atoms with E-state index in [1.807, 2.05) is 54.6 Å². The van der Waals surface area contributed by atoms with Gasteiger partial charge in [-0.1, -0.05) is 24.3 Å². The number of hydrogen-bond acceptors (Lipinski definition) is 4. The Balaban J connectivity index is 1.39. The van der Waals surface area contributed by atoms with Crippen LogP contribution in [0.4, 0.5) is 22.7 Å². The minimum absolute atomic E-state index is 0.203. The molecule has 0 aliphatic heterocycles. The van der Waals surface area contributed by atoms with Crippen LogP contribution in [0.15, 0.2) is 102 Å². The predicted octanol–water partition coefficient (Wildman–Crippen LogP) is 5.53. The molecule has 0 fully saturated rings. The Morgan fingerprint density at radius 3 is 2.00 bits per heavy atom. The molecular weight excluding hydrogens is 378 g/mol. The quantitative estimate of drug-likeness (QED) is 0.400. The number of furan rings is 1. The highest BCUT2D eigenvalue weighted by Crippen LogP contribution is 2.20. The first-order valence-electron chi connectivity index (χ1n) is 9.36. The minimum atomic E-state index is -0.376. The van der Waals surface area contributed by atoms with E-state index < -0.39 is 0 Å². The lowest BCUT2D eigenvalue weighted by molar-refractivity contribution is 0.0993. The van der Waals surface area contributed by atoms with Crippen molar-refractivity contribution in [3.8, 4) is 0 Å². The number of carbonyl (C=O) groups is 2. The van der Waals surface area contributed by atoms with Crippen molar-refractivity contribution in [2.24, 2.45) is 0 Å². The van der Waals surface area contributed by atoms with Gasteiger partial charge in [-0.05, 0) is 66.7 Å². The molecule has 0 unspecified atom stereocenters. The summed E-state index contributed by atoms with van der Waals surface area (Å²) in [5.74, 6) is -0.444. The van der Waals surface area contributed by atoms with Crippen molar-refractivity contribution in [1.82, 2.24) is 0 Å². The molecule has 4 aromatic rings. The second-order valence-corrected chi connectivity index (χ2v) is 6.53. The average molecular weight is 397 g/mol. The minimum Gasteiger partial charge on any atom is -0.459 e. The summed E-state index contributed by atoms with van der Waals surface area (Å²) in [6.07, 6.45) is 1.43. The third-order valence-corrected chi connectivity index (χ3v) is 4.33. The number of carbonyl (C=O) groups excluding carboxylic acids is 2. The molecule has 0 saturated carbocycles. The lowest BCUT2D eigenvalue weighted by atomic mass is 10.1. The van der Waals surface area contributed by atoms with Gasteiger partial charge in [0.1, 0.15) is 0 Å². The normalized spacial score (nSPS) is 10.3. The van der Waals surface area contributed by atoms with Gasteiger partial charge in [0.05, 0.1) is 6.26 Å². The number of amides is 2. The maximum atomic E-state index is 12.6. The van der Waals surface area contributed by atoms with Gasteiger partial charge in [0.15, 0.2) is 5.76 Å². The van der Waals surface area contributed by atoms with E-state index in [2.05, 4.69) is 16.0 Å². The largest absolute Gasteiger partial charge is 0.459 e. The van der Waals surface area contributed by atoms with Gasteiger partial charge in [0, 0.05) is 28.3 Å². The van der Waals surface area contributed by atoms with E-state index in [-0.39, 0.29) is 17.6 Å². The molecule has 30 heavy (non-hydrogen) atoms. The number of rotatable bonds is 6. The summed E-state index contributed by atoms with van der Waals surface area (Å²) in [5, 5.41) is 8.87. The predicted molar refractivity (Wildman–Crippen MR) is 117 cm³/mol. The number of hydrogen-bond donors (Lipinski definition) is 3. The molecule has 0 radical (unpaired) electrons. The van der Waals surface area contributed by atoms with Gasteiger partial charge < -0.3 is 20.4 Å². The summed E-state index contributed by atoms with van der Waals surface area (Å²) in [5.41, 5.74) is 3.51. The zero-order valence-corrected chi connectivity index (χ0v) is 16.0. The van der Waals surface area contributed by atoms with Crippen molar-refractivity contribution in [3.05, 3.63) is 109 Å². The summed E-state index contributed by atoms with van der Waals surface area (Å²) >= 11 is 0. The van der Waals surface area contributed by atoms with Gasteiger partial charge >= 0.3 is 0 Å². The molecule has 0 aliphatic carbocycles. The van der Waals surface area contributed by atoms with Crippen molar-refractivity contribution in [1.29, 1.82) is 0 Å². The molecule has 0 saturated heterocycles. The fourth-order valence-electron chi connectivity index (χ4n) is 2.87. The summed E-state index contributed by atoms with van der Waals surface area (Å²) in [6.45, 7) is 0. The SMILES string of the molecule is O=C(Nc1ccc(Nc2ccccc2)cc1)c1cccc(NC(=O)c2ccco2)c1. The number of nitrogens with one attached hydrogen (secondary N) is 3. The molecule has 0 bridgehead atoms. The Morgan fingerprint density at radius 2 is 1.27 bits per heavy atom. The molecule has 4 rings (SSSR count). The smallest absolute Gasteiger partial charge is 0.291 e. The summed E-state index contributed by atoms with van der Waals surface area (Å²) in [7, 11) is 0. The van der Waals surface area contributed by atoms with Crippen LogP contribution in [0.3, 0.4) is 0 Å². The monoisotopic (exact) mass is 397 g/mol.